The number of piperidine rings is 1. The van der Waals surface area contributed by atoms with E-state index >= 15 is 0 Å². The number of nitrogens with zero attached hydrogens (tertiary/aromatic N) is 1. The summed E-state index contributed by atoms with van der Waals surface area (Å²) in [4.78, 5) is 26.6. The second kappa shape index (κ2) is 8.83. The van der Waals surface area contributed by atoms with Crippen LogP contribution in [0.15, 0.2) is 30.3 Å². The van der Waals surface area contributed by atoms with Gasteiger partial charge in [-0.2, -0.15) is 0 Å². The normalized spacial score (nSPS) is 20.9. The average molecular weight is 332 g/mol. The summed E-state index contributed by atoms with van der Waals surface area (Å²) in [5, 5.41) is 3.07. The molecule has 0 aliphatic carbocycles. The molecular formula is C19H28N2O3. The molecule has 0 radical (unpaired) electrons. The summed E-state index contributed by atoms with van der Waals surface area (Å²) < 4.78 is 5.13. The largest absolute Gasteiger partial charge is 0.466 e. The second-order valence-corrected chi connectivity index (χ2v) is 6.40. The molecule has 0 bridgehead atoms. The molecule has 5 heteroatoms. The number of amides is 1. The van der Waals surface area contributed by atoms with Crippen molar-refractivity contribution in [1.29, 1.82) is 0 Å². The number of benzene rings is 1. The van der Waals surface area contributed by atoms with Crippen molar-refractivity contribution in [2.75, 3.05) is 19.7 Å². The van der Waals surface area contributed by atoms with Gasteiger partial charge >= 0.3 is 5.97 Å². The summed E-state index contributed by atoms with van der Waals surface area (Å²) in [6, 6.07) is 9.62. The van der Waals surface area contributed by atoms with Crippen LogP contribution in [-0.2, 0) is 14.3 Å². The van der Waals surface area contributed by atoms with E-state index in [1.807, 2.05) is 51.1 Å². The standard InChI is InChI=1S/C19H28N2O3/c1-4-24-19(23)17-11-8-12-21(13-17)15(3)18(22)20-14(2)16-9-6-5-7-10-16/h5-7,9-10,14-15,17H,4,8,11-13H2,1-3H3,(H,20,22). The van der Waals surface area contributed by atoms with Crippen LogP contribution in [0.4, 0.5) is 0 Å². The lowest BCUT2D eigenvalue weighted by Gasteiger charge is -2.35. The van der Waals surface area contributed by atoms with Crippen LogP contribution >= 0.6 is 0 Å². The maximum Gasteiger partial charge on any atom is 0.310 e. The van der Waals surface area contributed by atoms with Gasteiger partial charge in [0.25, 0.3) is 0 Å². The quantitative estimate of drug-likeness (QED) is 0.813. The molecule has 0 spiro atoms. The minimum Gasteiger partial charge on any atom is -0.466 e. The van der Waals surface area contributed by atoms with E-state index in [4.69, 9.17) is 4.74 Å². The molecule has 1 aliphatic rings. The molecule has 1 amide bonds. The molecule has 1 fully saturated rings. The number of carbonyl (C=O) groups is 2. The Morgan fingerprint density at radius 3 is 2.67 bits per heavy atom. The molecule has 1 aromatic carbocycles. The molecule has 24 heavy (non-hydrogen) atoms. The van der Waals surface area contributed by atoms with Gasteiger partial charge in [-0.1, -0.05) is 30.3 Å². The van der Waals surface area contributed by atoms with Crippen molar-refractivity contribution in [3.05, 3.63) is 35.9 Å². The van der Waals surface area contributed by atoms with Gasteiger partial charge in [0.15, 0.2) is 0 Å². The molecule has 3 unspecified atom stereocenters. The minimum atomic E-state index is -0.256. The van der Waals surface area contributed by atoms with Crippen LogP contribution in [0, 0.1) is 5.92 Å². The van der Waals surface area contributed by atoms with Crippen LogP contribution in [0.1, 0.15) is 45.2 Å². The molecule has 1 N–H and O–H groups in total. The highest BCUT2D eigenvalue weighted by Gasteiger charge is 2.31. The van der Waals surface area contributed by atoms with Crippen LogP contribution in [0.5, 0.6) is 0 Å². The molecule has 132 valence electrons. The summed E-state index contributed by atoms with van der Waals surface area (Å²) in [6.45, 7) is 7.54. The van der Waals surface area contributed by atoms with Crippen molar-refractivity contribution in [1.82, 2.24) is 10.2 Å². The van der Waals surface area contributed by atoms with Gasteiger partial charge in [-0.15, -0.1) is 0 Å². The lowest BCUT2D eigenvalue weighted by Crippen LogP contribution is -2.50. The van der Waals surface area contributed by atoms with E-state index in [0.29, 0.717) is 13.2 Å². The van der Waals surface area contributed by atoms with Gasteiger partial charge in [0.05, 0.1) is 24.6 Å². The zero-order valence-corrected chi connectivity index (χ0v) is 14.8. The molecule has 1 saturated heterocycles. The SMILES string of the molecule is CCOC(=O)C1CCCN(C(C)C(=O)NC(C)c2ccccc2)C1. The van der Waals surface area contributed by atoms with Crippen LogP contribution in [0.2, 0.25) is 0 Å². The second-order valence-electron chi connectivity index (χ2n) is 6.40. The van der Waals surface area contributed by atoms with Crippen molar-refractivity contribution in [2.24, 2.45) is 5.92 Å². The molecule has 0 saturated carbocycles. The van der Waals surface area contributed by atoms with Crippen molar-refractivity contribution in [3.8, 4) is 0 Å². The number of likely N-dealkylation sites (tertiary alicyclic amines) is 1. The first-order valence-electron chi connectivity index (χ1n) is 8.79. The van der Waals surface area contributed by atoms with E-state index in [1.54, 1.807) is 0 Å². The van der Waals surface area contributed by atoms with Gasteiger partial charge in [0.2, 0.25) is 5.91 Å². The maximum absolute atomic E-state index is 12.6. The third-order valence-electron chi connectivity index (χ3n) is 4.66. The molecule has 1 aliphatic heterocycles. The van der Waals surface area contributed by atoms with Crippen LogP contribution < -0.4 is 5.32 Å². The first-order valence-corrected chi connectivity index (χ1v) is 8.79. The predicted octanol–water partition coefficient (Wildman–Crippen LogP) is 2.53. The Balaban J connectivity index is 1.91. The number of rotatable bonds is 6. The van der Waals surface area contributed by atoms with Gasteiger partial charge in [-0.25, -0.2) is 0 Å². The Morgan fingerprint density at radius 1 is 1.29 bits per heavy atom. The lowest BCUT2D eigenvalue weighted by atomic mass is 9.96. The van der Waals surface area contributed by atoms with Gasteiger partial charge in [0, 0.05) is 6.54 Å². The Kier molecular flexibility index (Phi) is 6.79. The van der Waals surface area contributed by atoms with Crippen molar-refractivity contribution < 1.29 is 14.3 Å². The van der Waals surface area contributed by atoms with Gasteiger partial charge in [-0.05, 0) is 45.7 Å². The fraction of sp³-hybridized carbons (Fsp3) is 0.579. The molecule has 5 nitrogen and oxygen atoms in total. The first kappa shape index (κ1) is 18.5. The molecule has 0 aromatic heterocycles. The van der Waals surface area contributed by atoms with Crippen LogP contribution in [0.3, 0.4) is 0 Å². The highest BCUT2D eigenvalue weighted by Crippen LogP contribution is 2.20. The number of ether oxygens (including phenoxy) is 1. The van der Waals surface area contributed by atoms with Crippen molar-refractivity contribution in [2.45, 2.75) is 45.7 Å². The summed E-state index contributed by atoms with van der Waals surface area (Å²) in [5.41, 5.74) is 1.08. The van der Waals surface area contributed by atoms with E-state index in [9.17, 15) is 9.59 Å². The first-order chi connectivity index (χ1) is 11.5. The highest BCUT2D eigenvalue weighted by atomic mass is 16.5. The van der Waals surface area contributed by atoms with Crippen LogP contribution in [-0.4, -0.2) is 42.5 Å². The van der Waals surface area contributed by atoms with E-state index < -0.39 is 0 Å². The topological polar surface area (TPSA) is 58.6 Å². The minimum absolute atomic E-state index is 0.00383. The highest BCUT2D eigenvalue weighted by molar-refractivity contribution is 5.82. The average Bonchev–Trinajstić information content (AvgIpc) is 2.62. The Bertz CT molecular complexity index is 547. The third kappa shape index (κ3) is 4.81. The molecular weight excluding hydrogens is 304 g/mol. The Labute approximate surface area is 144 Å². The molecule has 2 rings (SSSR count). The summed E-state index contributed by atoms with van der Waals surface area (Å²) >= 11 is 0. The number of hydrogen-bond donors (Lipinski definition) is 1. The number of hydrogen-bond acceptors (Lipinski definition) is 4. The van der Waals surface area contributed by atoms with E-state index in [1.165, 1.54) is 0 Å². The van der Waals surface area contributed by atoms with Crippen molar-refractivity contribution >= 4 is 11.9 Å². The molecule has 1 heterocycles. The van der Waals surface area contributed by atoms with Crippen LogP contribution in [0.25, 0.3) is 0 Å². The lowest BCUT2D eigenvalue weighted by molar-refractivity contribution is -0.151. The Hall–Kier alpha value is -1.88. The zero-order chi connectivity index (χ0) is 17.5. The van der Waals surface area contributed by atoms with Gasteiger partial charge in [0.1, 0.15) is 0 Å². The number of carbonyl (C=O) groups excluding carboxylic acids is 2. The molecule has 1 aromatic rings. The van der Waals surface area contributed by atoms with E-state index in [0.717, 1.165) is 24.9 Å². The molecule has 3 atom stereocenters. The number of esters is 1. The number of nitrogens with one attached hydrogen (secondary N) is 1. The monoisotopic (exact) mass is 332 g/mol. The predicted molar refractivity (Wildman–Crippen MR) is 93.4 cm³/mol. The third-order valence-corrected chi connectivity index (χ3v) is 4.66. The summed E-state index contributed by atoms with van der Waals surface area (Å²) in [5.74, 6) is -0.274. The fourth-order valence-corrected chi connectivity index (χ4v) is 3.14. The van der Waals surface area contributed by atoms with E-state index in [-0.39, 0.29) is 29.9 Å². The fourth-order valence-electron chi connectivity index (χ4n) is 3.14. The Morgan fingerprint density at radius 2 is 2.00 bits per heavy atom. The summed E-state index contributed by atoms with van der Waals surface area (Å²) in [7, 11) is 0. The van der Waals surface area contributed by atoms with Gasteiger partial charge < -0.3 is 10.1 Å². The van der Waals surface area contributed by atoms with Gasteiger partial charge in [-0.3, -0.25) is 14.5 Å². The summed E-state index contributed by atoms with van der Waals surface area (Å²) in [6.07, 6.45) is 1.75. The van der Waals surface area contributed by atoms with E-state index in [2.05, 4.69) is 10.2 Å². The smallest absolute Gasteiger partial charge is 0.310 e. The maximum atomic E-state index is 12.6. The van der Waals surface area contributed by atoms with Crippen molar-refractivity contribution in [3.63, 3.8) is 0 Å². The zero-order valence-electron chi connectivity index (χ0n) is 14.8.